The minimum absolute atomic E-state index is 0.0292. The smallest absolute Gasteiger partial charge is 0.273 e. The van der Waals surface area contributed by atoms with Crippen molar-refractivity contribution in [2.75, 3.05) is 13.2 Å². The highest BCUT2D eigenvalue weighted by Gasteiger charge is 2.30. The first-order valence-corrected chi connectivity index (χ1v) is 7.60. The number of hydrogen-bond donors (Lipinski definition) is 1. The van der Waals surface area contributed by atoms with Gasteiger partial charge in [-0.05, 0) is 12.8 Å². The summed E-state index contributed by atoms with van der Waals surface area (Å²) in [6.07, 6.45) is 1.82. The van der Waals surface area contributed by atoms with Crippen LogP contribution in [-0.4, -0.2) is 40.1 Å². The van der Waals surface area contributed by atoms with Crippen LogP contribution < -0.4 is 0 Å². The Hall–Kier alpha value is -1.72. The second kappa shape index (κ2) is 5.73. The topological polar surface area (TPSA) is 53.4 Å². The largest absolute Gasteiger partial charge is 0.394 e. The van der Waals surface area contributed by atoms with Crippen molar-refractivity contribution in [1.82, 2.24) is 9.88 Å². The van der Waals surface area contributed by atoms with Gasteiger partial charge in [-0.2, -0.15) is 0 Å². The SMILES string of the molecule is O=C(c1csc(-c2ccccc2)n1)N1CCC[C@H]1CO. The Balaban J connectivity index is 1.82. The molecule has 104 valence electrons. The molecule has 1 aromatic carbocycles. The fraction of sp³-hybridized carbons (Fsp3) is 0.333. The number of likely N-dealkylation sites (tertiary alicyclic amines) is 1. The van der Waals surface area contributed by atoms with Gasteiger partial charge >= 0.3 is 0 Å². The van der Waals surface area contributed by atoms with Gasteiger partial charge in [0.1, 0.15) is 10.7 Å². The number of amides is 1. The molecule has 1 amide bonds. The van der Waals surface area contributed by atoms with Crippen LogP contribution in [0.3, 0.4) is 0 Å². The summed E-state index contributed by atoms with van der Waals surface area (Å²) in [4.78, 5) is 18.6. The van der Waals surface area contributed by atoms with E-state index in [4.69, 9.17) is 0 Å². The molecule has 3 rings (SSSR count). The summed E-state index contributed by atoms with van der Waals surface area (Å²) in [5.74, 6) is -0.0695. The number of thiazole rings is 1. The Kier molecular flexibility index (Phi) is 3.80. The molecule has 1 N–H and O–H groups in total. The van der Waals surface area contributed by atoms with Crippen LogP contribution in [0.4, 0.5) is 0 Å². The molecule has 2 aromatic rings. The van der Waals surface area contributed by atoms with Crippen LogP contribution in [0, 0.1) is 0 Å². The molecule has 0 spiro atoms. The molecule has 0 radical (unpaired) electrons. The molecule has 1 aromatic heterocycles. The van der Waals surface area contributed by atoms with Crippen molar-refractivity contribution in [3.8, 4) is 10.6 Å². The Labute approximate surface area is 121 Å². The van der Waals surface area contributed by atoms with E-state index in [-0.39, 0.29) is 18.6 Å². The second-order valence-electron chi connectivity index (χ2n) is 4.88. The van der Waals surface area contributed by atoms with Gasteiger partial charge in [0.05, 0.1) is 12.6 Å². The maximum atomic E-state index is 12.4. The van der Waals surface area contributed by atoms with Gasteiger partial charge in [0, 0.05) is 17.5 Å². The lowest BCUT2D eigenvalue weighted by atomic mass is 10.2. The molecule has 1 atom stereocenters. The fourth-order valence-electron chi connectivity index (χ4n) is 2.53. The highest BCUT2D eigenvalue weighted by atomic mass is 32.1. The number of carbonyl (C=O) groups is 1. The molecule has 1 saturated heterocycles. The van der Waals surface area contributed by atoms with Gasteiger partial charge in [-0.1, -0.05) is 30.3 Å². The average molecular weight is 288 g/mol. The van der Waals surface area contributed by atoms with E-state index in [1.165, 1.54) is 11.3 Å². The van der Waals surface area contributed by atoms with Crippen LogP contribution in [0.25, 0.3) is 10.6 Å². The molecule has 0 unspecified atom stereocenters. The maximum Gasteiger partial charge on any atom is 0.273 e. The van der Waals surface area contributed by atoms with Crippen molar-refractivity contribution in [2.45, 2.75) is 18.9 Å². The van der Waals surface area contributed by atoms with E-state index in [0.717, 1.165) is 23.4 Å². The number of hydrogen-bond acceptors (Lipinski definition) is 4. The Morgan fingerprint density at radius 1 is 1.40 bits per heavy atom. The van der Waals surface area contributed by atoms with Crippen LogP contribution in [0.1, 0.15) is 23.3 Å². The summed E-state index contributed by atoms with van der Waals surface area (Å²) >= 11 is 1.48. The lowest BCUT2D eigenvalue weighted by Gasteiger charge is -2.21. The Morgan fingerprint density at radius 3 is 2.95 bits per heavy atom. The predicted octanol–water partition coefficient (Wildman–Crippen LogP) is 2.41. The van der Waals surface area contributed by atoms with E-state index >= 15 is 0 Å². The maximum absolute atomic E-state index is 12.4. The van der Waals surface area contributed by atoms with Crippen LogP contribution >= 0.6 is 11.3 Å². The van der Waals surface area contributed by atoms with Gasteiger partial charge < -0.3 is 10.0 Å². The quantitative estimate of drug-likeness (QED) is 0.943. The summed E-state index contributed by atoms with van der Waals surface area (Å²) in [5, 5.41) is 12.0. The van der Waals surface area contributed by atoms with Crippen LogP contribution in [0.15, 0.2) is 35.7 Å². The van der Waals surface area contributed by atoms with Crippen LogP contribution in [0.2, 0.25) is 0 Å². The van der Waals surface area contributed by atoms with Crippen LogP contribution in [0.5, 0.6) is 0 Å². The molecule has 2 heterocycles. The van der Waals surface area contributed by atoms with Gasteiger partial charge in [-0.15, -0.1) is 11.3 Å². The van der Waals surface area contributed by atoms with Gasteiger partial charge in [0.2, 0.25) is 0 Å². The number of rotatable bonds is 3. The third-order valence-electron chi connectivity index (χ3n) is 3.59. The summed E-state index contributed by atoms with van der Waals surface area (Å²) in [5.41, 5.74) is 1.51. The van der Waals surface area contributed by atoms with Crippen molar-refractivity contribution >= 4 is 17.2 Å². The molecule has 20 heavy (non-hydrogen) atoms. The highest BCUT2D eigenvalue weighted by Crippen LogP contribution is 2.25. The van der Waals surface area contributed by atoms with E-state index in [1.54, 1.807) is 10.3 Å². The zero-order valence-corrected chi connectivity index (χ0v) is 11.8. The third-order valence-corrected chi connectivity index (χ3v) is 4.48. The number of aromatic nitrogens is 1. The Bertz CT molecular complexity index is 597. The molecular weight excluding hydrogens is 272 g/mol. The van der Waals surface area contributed by atoms with E-state index in [1.807, 2.05) is 30.3 Å². The molecule has 1 aliphatic rings. The predicted molar refractivity (Wildman–Crippen MR) is 78.7 cm³/mol. The lowest BCUT2D eigenvalue weighted by Crippen LogP contribution is -2.37. The van der Waals surface area contributed by atoms with E-state index < -0.39 is 0 Å². The van der Waals surface area contributed by atoms with E-state index in [2.05, 4.69) is 4.98 Å². The zero-order chi connectivity index (χ0) is 13.9. The number of nitrogens with zero attached hydrogens (tertiary/aromatic N) is 2. The van der Waals surface area contributed by atoms with Crippen LogP contribution in [-0.2, 0) is 0 Å². The first-order valence-electron chi connectivity index (χ1n) is 6.72. The van der Waals surface area contributed by atoms with E-state index in [9.17, 15) is 9.90 Å². The standard InChI is InChI=1S/C15H16N2O2S/c18-9-12-7-4-8-17(12)15(19)13-10-20-14(16-13)11-5-2-1-3-6-11/h1-3,5-6,10,12,18H,4,7-9H2/t12-/m0/s1. The number of benzene rings is 1. The summed E-state index contributed by atoms with van der Waals surface area (Å²) in [7, 11) is 0. The Morgan fingerprint density at radius 2 is 2.20 bits per heavy atom. The van der Waals surface area contributed by atoms with Crippen molar-refractivity contribution < 1.29 is 9.90 Å². The van der Waals surface area contributed by atoms with Gasteiger partial charge in [-0.3, -0.25) is 4.79 Å². The summed E-state index contributed by atoms with van der Waals surface area (Å²) in [6, 6.07) is 9.79. The third kappa shape index (κ3) is 2.46. The zero-order valence-electron chi connectivity index (χ0n) is 11.0. The number of aliphatic hydroxyl groups is 1. The lowest BCUT2D eigenvalue weighted by molar-refractivity contribution is 0.0672. The average Bonchev–Trinajstić information content (AvgIpc) is 3.16. The van der Waals surface area contributed by atoms with Crippen molar-refractivity contribution in [2.24, 2.45) is 0 Å². The molecule has 1 fully saturated rings. The first-order chi connectivity index (χ1) is 9.79. The number of aliphatic hydroxyl groups excluding tert-OH is 1. The second-order valence-corrected chi connectivity index (χ2v) is 5.74. The molecule has 0 aliphatic carbocycles. The van der Waals surface area contributed by atoms with Gasteiger partial charge in [-0.25, -0.2) is 4.98 Å². The molecule has 4 nitrogen and oxygen atoms in total. The minimum Gasteiger partial charge on any atom is -0.394 e. The number of carbonyl (C=O) groups excluding carboxylic acids is 1. The fourth-order valence-corrected chi connectivity index (χ4v) is 3.33. The molecule has 0 bridgehead atoms. The van der Waals surface area contributed by atoms with Gasteiger partial charge in [0.15, 0.2) is 0 Å². The normalized spacial score (nSPS) is 18.4. The molecular formula is C15H16N2O2S. The highest BCUT2D eigenvalue weighted by molar-refractivity contribution is 7.13. The monoisotopic (exact) mass is 288 g/mol. The molecule has 0 saturated carbocycles. The molecule has 1 aliphatic heterocycles. The van der Waals surface area contributed by atoms with Gasteiger partial charge in [0.25, 0.3) is 5.91 Å². The first kappa shape index (κ1) is 13.3. The van der Waals surface area contributed by atoms with E-state index in [0.29, 0.717) is 12.2 Å². The summed E-state index contributed by atoms with van der Waals surface area (Å²) < 4.78 is 0. The van der Waals surface area contributed by atoms with Crippen molar-refractivity contribution in [3.05, 3.63) is 41.4 Å². The minimum atomic E-state index is -0.0695. The summed E-state index contributed by atoms with van der Waals surface area (Å²) in [6.45, 7) is 0.740. The van der Waals surface area contributed by atoms with Crippen molar-refractivity contribution in [1.29, 1.82) is 0 Å². The molecule has 5 heteroatoms. The van der Waals surface area contributed by atoms with Crippen molar-refractivity contribution in [3.63, 3.8) is 0 Å².